The van der Waals surface area contributed by atoms with E-state index in [4.69, 9.17) is 4.55 Å². The molecule has 0 rings (SSSR count). The highest BCUT2D eigenvalue weighted by molar-refractivity contribution is 9.10. The van der Waals surface area contributed by atoms with E-state index in [1.165, 1.54) is 0 Å². The second kappa shape index (κ2) is 4.43. The van der Waals surface area contributed by atoms with Crippen molar-refractivity contribution < 1.29 is 12.9 Å². The molecular formula is C5H11BrO3S. The molecule has 5 heteroatoms. The van der Waals surface area contributed by atoms with Gasteiger partial charge in [0.25, 0.3) is 0 Å². The first-order valence-electron chi connectivity index (χ1n) is 2.97. The van der Waals surface area contributed by atoms with Gasteiger partial charge in [0.2, 0.25) is 0 Å². The molecule has 3 nitrogen and oxygen atoms in total. The van der Waals surface area contributed by atoms with Gasteiger partial charge in [0.1, 0.15) is 4.51 Å². The molecule has 0 heterocycles. The second-order valence-corrected chi connectivity index (χ2v) is 4.43. The summed E-state index contributed by atoms with van der Waals surface area (Å²) in [5.41, 5.74) is 0. The average molecular weight is 231 g/mol. The largest absolute Gasteiger partial charge is 0.303 e. The lowest BCUT2D eigenvalue weighted by Crippen LogP contribution is -2.20. The predicted octanol–water partition coefficient (Wildman–Crippen LogP) is 2.05. The van der Waals surface area contributed by atoms with Crippen LogP contribution < -0.4 is 0 Å². The predicted molar refractivity (Wildman–Crippen MR) is 44.1 cm³/mol. The Morgan fingerprint density at radius 3 is 2.60 bits per heavy atom. The highest BCUT2D eigenvalue weighted by atomic mass is 79.9. The maximum absolute atomic E-state index is 10.1. The molecule has 0 saturated heterocycles. The Hall–Kier alpha value is 0.550. The number of alkyl halides is 1. The van der Waals surface area contributed by atoms with Crippen molar-refractivity contribution in [2.75, 3.05) is 0 Å². The smallest absolute Gasteiger partial charge is 0.284 e. The van der Waals surface area contributed by atoms with Crippen molar-refractivity contribution in [2.24, 2.45) is 0 Å². The van der Waals surface area contributed by atoms with E-state index in [0.717, 1.165) is 6.42 Å². The summed E-state index contributed by atoms with van der Waals surface area (Å²) in [6.07, 6.45) is 1.61. The van der Waals surface area contributed by atoms with Crippen molar-refractivity contribution in [1.29, 1.82) is 0 Å². The summed E-state index contributed by atoms with van der Waals surface area (Å²) in [5, 5.41) is 0. The first-order valence-corrected chi connectivity index (χ1v) is 4.79. The molecule has 0 saturated carbocycles. The molecule has 62 valence electrons. The van der Waals surface area contributed by atoms with Crippen LogP contribution in [-0.2, 0) is 15.5 Å². The van der Waals surface area contributed by atoms with E-state index in [0.29, 0.717) is 6.42 Å². The van der Waals surface area contributed by atoms with Crippen molar-refractivity contribution >= 4 is 27.3 Å². The Bertz CT molecular complexity index is 126. The molecule has 2 atom stereocenters. The van der Waals surface area contributed by atoms with Crippen LogP contribution in [0.15, 0.2) is 0 Å². The lowest BCUT2D eigenvalue weighted by molar-refractivity contribution is 0.185. The Labute approximate surface area is 71.8 Å². The molecule has 1 N–H and O–H groups in total. The third-order valence-electron chi connectivity index (χ3n) is 0.942. The molecule has 0 radical (unpaired) electrons. The van der Waals surface area contributed by atoms with Gasteiger partial charge in [-0.1, -0.05) is 29.3 Å². The molecule has 10 heavy (non-hydrogen) atoms. The zero-order valence-electron chi connectivity index (χ0n) is 5.96. The van der Waals surface area contributed by atoms with Crippen LogP contribution in [0.1, 0.15) is 26.7 Å². The third-order valence-corrected chi connectivity index (χ3v) is 2.22. The summed E-state index contributed by atoms with van der Waals surface area (Å²) in [6, 6.07) is 0. The maximum atomic E-state index is 10.1. The lowest BCUT2D eigenvalue weighted by atomic mass is 10.2. The van der Waals surface area contributed by atoms with Crippen LogP contribution in [0.4, 0.5) is 0 Å². The standard InChI is InChI=1S/C5H11BrO3S/c1-3-4-5(2,6)9-10(7)8/h3-4H2,1-2H3,(H,7,8). The van der Waals surface area contributed by atoms with Gasteiger partial charge in [0.15, 0.2) is 0 Å². The summed E-state index contributed by atoms with van der Waals surface area (Å²) >= 11 is 0.984. The van der Waals surface area contributed by atoms with Crippen LogP contribution in [0.25, 0.3) is 0 Å². The van der Waals surface area contributed by atoms with Gasteiger partial charge in [0.05, 0.1) is 0 Å². The van der Waals surface area contributed by atoms with E-state index in [1.54, 1.807) is 6.92 Å². The molecule has 0 aromatic carbocycles. The molecule has 0 aliphatic carbocycles. The van der Waals surface area contributed by atoms with E-state index in [9.17, 15) is 4.21 Å². The molecule has 0 fully saturated rings. The normalized spacial score (nSPS) is 20.0. The summed E-state index contributed by atoms with van der Waals surface area (Å²) in [7, 11) is 0. The minimum atomic E-state index is -2.18. The fourth-order valence-electron chi connectivity index (χ4n) is 0.637. The van der Waals surface area contributed by atoms with Crippen molar-refractivity contribution in [3.63, 3.8) is 0 Å². The Morgan fingerprint density at radius 2 is 2.30 bits per heavy atom. The zero-order valence-corrected chi connectivity index (χ0v) is 8.37. The van der Waals surface area contributed by atoms with Crippen molar-refractivity contribution in [1.82, 2.24) is 0 Å². The van der Waals surface area contributed by atoms with Gasteiger partial charge in [0, 0.05) is 0 Å². The molecule has 0 bridgehead atoms. The second-order valence-electron chi connectivity index (χ2n) is 2.15. The number of halogens is 1. The first kappa shape index (κ1) is 10.6. The molecule has 0 aromatic heterocycles. The van der Waals surface area contributed by atoms with Crippen LogP contribution in [0.2, 0.25) is 0 Å². The Balaban J connectivity index is 3.74. The van der Waals surface area contributed by atoms with E-state index in [2.05, 4.69) is 20.1 Å². The van der Waals surface area contributed by atoms with Gasteiger partial charge in [-0.05, 0) is 13.3 Å². The highest BCUT2D eigenvalue weighted by Gasteiger charge is 2.22. The average Bonchev–Trinajstić information content (AvgIpc) is 1.59. The zero-order chi connectivity index (χ0) is 8.20. The monoisotopic (exact) mass is 230 g/mol. The maximum Gasteiger partial charge on any atom is 0.303 e. The lowest BCUT2D eigenvalue weighted by Gasteiger charge is -2.18. The van der Waals surface area contributed by atoms with Crippen LogP contribution in [0.3, 0.4) is 0 Å². The molecule has 0 aliphatic rings. The third kappa shape index (κ3) is 5.34. The van der Waals surface area contributed by atoms with Gasteiger partial charge in [-0.15, -0.1) is 0 Å². The SMILES string of the molecule is CCCC(C)(Br)OS(=O)O. The van der Waals surface area contributed by atoms with E-state index in [1.807, 2.05) is 6.92 Å². The van der Waals surface area contributed by atoms with Crippen LogP contribution in [0, 0.1) is 0 Å². The van der Waals surface area contributed by atoms with Crippen molar-refractivity contribution in [3.8, 4) is 0 Å². The van der Waals surface area contributed by atoms with E-state index >= 15 is 0 Å². The van der Waals surface area contributed by atoms with Gasteiger partial charge < -0.3 is 0 Å². The van der Waals surface area contributed by atoms with E-state index in [-0.39, 0.29) is 0 Å². The number of hydrogen-bond donors (Lipinski definition) is 1. The van der Waals surface area contributed by atoms with Crippen LogP contribution in [-0.4, -0.2) is 13.3 Å². The molecule has 2 unspecified atom stereocenters. The molecular weight excluding hydrogens is 220 g/mol. The van der Waals surface area contributed by atoms with Crippen LogP contribution >= 0.6 is 15.9 Å². The van der Waals surface area contributed by atoms with Gasteiger partial charge >= 0.3 is 11.4 Å². The fraction of sp³-hybridized carbons (Fsp3) is 1.00. The molecule has 0 aliphatic heterocycles. The quantitative estimate of drug-likeness (QED) is 0.595. The van der Waals surface area contributed by atoms with Gasteiger partial charge in [-0.2, -0.15) is 4.21 Å². The number of hydrogen-bond acceptors (Lipinski definition) is 2. The minimum absolute atomic E-state index is 0.665. The molecule has 0 spiro atoms. The first-order chi connectivity index (χ1) is 4.48. The summed E-state index contributed by atoms with van der Waals surface area (Å²) in [6.45, 7) is 3.69. The van der Waals surface area contributed by atoms with Crippen LogP contribution in [0.5, 0.6) is 0 Å². The van der Waals surface area contributed by atoms with Crippen molar-refractivity contribution in [2.45, 2.75) is 31.2 Å². The Kier molecular flexibility index (Phi) is 4.68. The number of rotatable bonds is 4. The summed E-state index contributed by atoms with van der Waals surface area (Å²) < 4.78 is 22.4. The minimum Gasteiger partial charge on any atom is -0.284 e. The van der Waals surface area contributed by atoms with E-state index < -0.39 is 15.9 Å². The molecule has 0 aromatic rings. The topological polar surface area (TPSA) is 46.5 Å². The summed E-state index contributed by atoms with van der Waals surface area (Å²) in [4.78, 5) is 0. The summed E-state index contributed by atoms with van der Waals surface area (Å²) in [5.74, 6) is 0. The highest BCUT2D eigenvalue weighted by Crippen LogP contribution is 2.25. The van der Waals surface area contributed by atoms with Crippen molar-refractivity contribution in [3.05, 3.63) is 0 Å². The molecule has 0 amide bonds. The van der Waals surface area contributed by atoms with Gasteiger partial charge in [-0.25, -0.2) is 0 Å². The fourth-order valence-corrected chi connectivity index (χ4v) is 1.75. The Morgan fingerprint density at radius 1 is 1.80 bits per heavy atom. The van der Waals surface area contributed by atoms with Gasteiger partial charge in [-0.3, -0.25) is 8.74 Å².